The highest BCUT2D eigenvalue weighted by Gasteiger charge is 2.32. The molecular weight excluding hydrogens is 386 g/mol. The molecule has 29 heavy (non-hydrogen) atoms. The molecule has 5 rings (SSSR count). The smallest absolute Gasteiger partial charge is 0.178 e. The molecule has 0 spiro atoms. The first kappa shape index (κ1) is 18.9. The van der Waals surface area contributed by atoms with Crippen molar-refractivity contribution in [1.82, 2.24) is 29.7 Å². The van der Waals surface area contributed by atoms with Gasteiger partial charge in [-0.15, -0.1) is 26.6 Å². The molecule has 1 saturated heterocycles. The van der Waals surface area contributed by atoms with Crippen molar-refractivity contribution in [1.29, 1.82) is 0 Å². The maximum Gasteiger partial charge on any atom is 0.178 e. The number of thiazole rings is 1. The van der Waals surface area contributed by atoms with E-state index in [2.05, 4.69) is 47.8 Å². The Morgan fingerprint density at radius 2 is 2.07 bits per heavy atom. The van der Waals surface area contributed by atoms with Crippen LogP contribution in [0.5, 0.6) is 0 Å². The van der Waals surface area contributed by atoms with Gasteiger partial charge in [-0.3, -0.25) is 4.90 Å². The molecule has 0 saturated carbocycles. The highest BCUT2D eigenvalue weighted by Crippen LogP contribution is 2.27. The number of fused-ring (bicyclic) bond motifs is 2. The van der Waals surface area contributed by atoms with E-state index in [9.17, 15) is 0 Å². The Balaban J connectivity index is 1.25. The minimum absolute atomic E-state index is 0.0966. The molecule has 0 amide bonds. The second-order valence-corrected chi connectivity index (χ2v) is 10.2. The van der Waals surface area contributed by atoms with Gasteiger partial charge in [-0.2, -0.15) is 4.52 Å². The Morgan fingerprint density at radius 3 is 2.83 bits per heavy atom. The van der Waals surface area contributed by atoms with E-state index in [4.69, 9.17) is 14.8 Å². The van der Waals surface area contributed by atoms with E-state index in [1.54, 1.807) is 11.3 Å². The molecule has 0 aromatic carbocycles. The van der Waals surface area contributed by atoms with Crippen molar-refractivity contribution < 1.29 is 4.74 Å². The first-order valence-electron chi connectivity index (χ1n) is 10.1. The van der Waals surface area contributed by atoms with Crippen LogP contribution < -0.4 is 4.90 Å². The third-order valence-corrected chi connectivity index (χ3v) is 6.71. The van der Waals surface area contributed by atoms with Crippen LogP contribution in [-0.2, 0) is 29.7 Å². The summed E-state index contributed by atoms with van der Waals surface area (Å²) in [5.74, 6) is 1.87. The molecule has 0 aliphatic carbocycles. The summed E-state index contributed by atoms with van der Waals surface area (Å²) in [6.07, 6.45) is 0.945. The zero-order valence-electron chi connectivity index (χ0n) is 17.4. The van der Waals surface area contributed by atoms with Gasteiger partial charge in [0, 0.05) is 31.0 Å². The summed E-state index contributed by atoms with van der Waals surface area (Å²) in [4.78, 5) is 10.8. The van der Waals surface area contributed by atoms with Crippen molar-refractivity contribution in [2.45, 2.75) is 51.8 Å². The van der Waals surface area contributed by atoms with Crippen LogP contribution in [0.3, 0.4) is 0 Å². The van der Waals surface area contributed by atoms with E-state index in [-0.39, 0.29) is 5.41 Å². The number of nitrogens with zero attached hydrogens (tertiary/aromatic N) is 7. The zero-order valence-corrected chi connectivity index (χ0v) is 18.2. The van der Waals surface area contributed by atoms with Gasteiger partial charge in [0.25, 0.3) is 0 Å². The van der Waals surface area contributed by atoms with Gasteiger partial charge in [0.2, 0.25) is 0 Å². The van der Waals surface area contributed by atoms with Gasteiger partial charge in [-0.25, -0.2) is 4.98 Å². The van der Waals surface area contributed by atoms with Gasteiger partial charge in [-0.1, -0.05) is 20.8 Å². The second-order valence-electron chi connectivity index (χ2n) is 8.99. The van der Waals surface area contributed by atoms with Crippen molar-refractivity contribution in [3.63, 3.8) is 0 Å². The summed E-state index contributed by atoms with van der Waals surface area (Å²) in [6, 6.07) is 4.55. The van der Waals surface area contributed by atoms with Crippen molar-refractivity contribution in [2.75, 3.05) is 31.6 Å². The Bertz CT molecular complexity index is 1010. The minimum atomic E-state index is -0.0966. The molecular formula is C20H27N7OS. The first-order valence-corrected chi connectivity index (χ1v) is 10.9. The van der Waals surface area contributed by atoms with E-state index in [0.29, 0.717) is 6.04 Å². The number of likely N-dealkylation sites (N-methyl/N-ethyl adjacent to an activating group) is 1. The highest BCUT2D eigenvalue weighted by atomic mass is 32.1. The fraction of sp³-hybridized carbons (Fsp3) is 0.600. The summed E-state index contributed by atoms with van der Waals surface area (Å²) in [7, 11) is 2.19. The zero-order chi connectivity index (χ0) is 20.2. The monoisotopic (exact) mass is 413 g/mol. The SMILES string of the molecule is CN(Cc1nc2c(s1)COCC2)C1CN(c2ccc3nnc(C(C)(C)C)n3n2)C1. The molecule has 3 aromatic rings. The summed E-state index contributed by atoms with van der Waals surface area (Å²) < 4.78 is 7.43. The maximum atomic E-state index is 5.54. The molecule has 9 heteroatoms. The Hall–Kier alpha value is -2.10. The molecule has 0 atom stereocenters. The summed E-state index contributed by atoms with van der Waals surface area (Å²) >= 11 is 1.80. The quantitative estimate of drug-likeness (QED) is 0.650. The molecule has 1 fully saturated rings. The molecule has 8 nitrogen and oxygen atoms in total. The molecule has 154 valence electrons. The summed E-state index contributed by atoms with van der Waals surface area (Å²) in [6.45, 7) is 10.7. The molecule has 0 radical (unpaired) electrons. The van der Waals surface area contributed by atoms with Crippen LogP contribution >= 0.6 is 11.3 Å². The Morgan fingerprint density at radius 1 is 1.24 bits per heavy atom. The number of hydrogen-bond donors (Lipinski definition) is 0. The predicted molar refractivity (Wildman–Crippen MR) is 112 cm³/mol. The third-order valence-electron chi connectivity index (χ3n) is 5.65. The first-order chi connectivity index (χ1) is 13.9. The fourth-order valence-corrected chi connectivity index (χ4v) is 4.94. The van der Waals surface area contributed by atoms with E-state index in [0.717, 1.165) is 56.6 Å². The van der Waals surface area contributed by atoms with E-state index in [1.807, 2.05) is 16.6 Å². The van der Waals surface area contributed by atoms with Crippen molar-refractivity contribution in [3.8, 4) is 0 Å². The van der Waals surface area contributed by atoms with E-state index >= 15 is 0 Å². The third kappa shape index (κ3) is 3.51. The standard InChI is InChI=1S/C20H27N7OS/c1-20(2,3)19-23-22-16-5-6-17(24-27(16)19)26-9-13(10-26)25(4)11-18-21-14-7-8-28-12-15(14)29-18/h5-6,13H,7-12H2,1-4H3. The maximum absolute atomic E-state index is 5.54. The lowest BCUT2D eigenvalue weighted by Crippen LogP contribution is -2.58. The lowest BCUT2D eigenvalue weighted by molar-refractivity contribution is 0.112. The van der Waals surface area contributed by atoms with Crippen LogP contribution in [0, 0.1) is 0 Å². The van der Waals surface area contributed by atoms with E-state index < -0.39 is 0 Å². The summed E-state index contributed by atoms with van der Waals surface area (Å²) in [5, 5.41) is 14.6. The molecule has 5 heterocycles. The van der Waals surface area contributed by atoms with Crippen LogP contribution in [0.2, 0.25) is 0 Å². The normalized spacial score (nSPS) is 17.8. The number of hydrogen-bond acceptors (Lipinski definition) is 8. The van der Waals surface area contributed by atoms with Gasteiger partial charge in [0.1, 0.15) is 10.8 Å². The van der Waals surface area contributed by atoms with Gasteiger partial charge < -0.3 is 9.64 Å². The number of rotatable bonds is 4. The van der Waals surface area contributed by atoms with Crippen LogP contribution in [0.25, 0.3) is 5.65 Å². The van der Waals surface area contributed by atoms with Crippen LogP contribution in [0.15, 0.2) is 12.1 Å². The topological polar surface area (TPSA) is 71.7 Å². The molecule has 2 aliphatic rings. The van der Waals surface area contributed by atoms with Crippen molar-refractivity contribution in [3.05, 3.63) is 33.5 Å². The molecule has 2 aliphatic heterocycles. The van der Waals surface area contributed by atoms with E-state index in [1.165, 1.54) is 15.6 Å². The lowest BCUT2D eigenvalue weighted by atomic mass is 9.96. The Labute approximate surface area is 174 Å². The average Bonchev–Trinajstić information content (AvgIpc) is 3.22. The van der Waals surface area contributed by atoms with Gasteiger partial charge in [0.15, 0.2) is 11.5 Å². The molecule has 0 bridgehead atoms. The number of aromatic nitrogens is 5. The van der Waals surface area contributed by atoms with Gasteiger partial charge in [0.05, 0.1) is 30.3 Å². The predicted octanol–water partition coefficient (Wildman–Crippen LogP) is 2.27. The van der Waals surface area contributed by atoms with Gasteiger partial charge >= 0.3 is 0 Å². The molecule has 0 unspecified atom stereocenters. The lowest BCUT2D eigenvalue weighted by Gasteiger charge is -2.44. The fourth-order valence-electron chi connectivity index (χ4n) is 3.83. The van der Waals surface area contributed by atoms with Crippen LogP contribution in [0.1, 0.15) is 42.2 Å². The number of anilines is 1. The van der Waals surface area contributed by atoms with Crippen molar-refractivity contribution >= 4 is 22.8 Å². The summed E-state index contributed by atoms with van der Waals surface area (Å²) in [5.41, 5.74) is 1.94. The second kappa shape index (κ2) is 7.00. The molecule has 0 N–H and O–H groups in total. The van der Waals surface area contributed by atoms with Gasteiger partial charge in [-0.05, 0) is 19.2 Å². The minimum Gasteiger partial charge on any atom is -0.375 e. The Kier molecular flexibility index (Phi) is 4.56. The largest absolute Gasteiger partial charge is 0.375 e. The van der Waals surface area contributed by atoms with Crippen LogP contribution in [0.4, 0.5) is 5.82 Å². The van der Waals surface area contributed by atoms with Crippen molar-refractivity contribution in [2.24, 2.45) is 0 Å². The highest BCUT2D eigenvalue weighted by molar-refractivity contribution is 7.11. The van der Waals surface area contributed by atoms with Crippen LogP contribution in [-0.4, -0.2) is 62.5 Å². The molecule has 3 aromatic heterocycles. The average molecular weight is 414 g/mol. The number of ether oxygens (including phenoxy) is 1.